The lowest BCUT2D eigenvalue weighted by Gasteiger charge is -2.45. The maximum absolute atomic E-state index is 12.4. The molecule has 0 bridgehead atoms. The lowest BCUT2D eigenvalue weighted by atomic mass is 9.62. The van der Waals surface area contributed by atoms with E-state index in [-0.39, 0.29) is 47.0 Å². The Balaban J connectivity index is 1.68. The Bertz CT molecular complexity index is 927. The van der Waals surface area contributed by atoms with Crippen molar-refractivity contribution in [3.63, 3.8) is 0 Å². The van der Waals surface area contributed by atoms with Crippen molar-refractivity contribution in [2.45, 2.75) is 118 Å². The second-order valence-corrected chi connectivity index (χ2v) is 14.5. The number of carbonyl (C=O) groups excluding carboxylic acids is 4. The van der Waals surface area contributed by atoms with Gasteiger partial charge in [-0.2, -0.15) is 0 Å². The molecule has 232 valence electrons. The van der Waals surface area contributed by atoms with Crippen LogP contribution in [0.15, 0.2) is 9.98 Å². The Morgan fingerprint density at radius 3 is 1.44 bits per heavy atom. The third kappa shape index (κ3) is 12.3. The van der Waals surface area contributed by atoms with E-state index >= 15 is 0 Å². The molecule has 0 heterocycles. The molecule has 2 fully saturated rings. The molecular weight excluding hydrogens is 528 g/mol. The van der Waals surface area contributed by atoms with Gasteiger partial charge in [-0.25, -0.2) is 29.2 Å². The van der Waals surface area contributed by atoms with Crippen LogP contribution in [0.25, 0.3) is 0 Å². The number of amides is 2. The van der Waals surface area contributed by atoms with Crippen molar-refractivity contribution in [1.82, 2.24) is 10.6 Å². The van der Waals surface area contributed by atoms with E-state index in [0.717, 1.165) is 25.7 Å². The fourth-order valence-electron chi connectivity index (χ4n) is 7.25. The van der Waals surface area contributed by atoms with Crippen molar-refractivity contribution < 1.29 is 33.4 Å². The second-order valence-electron chi connectivity index (χ2n) is 14.5. The highest BCUT2D eigenvalue weighted by atomic mass is 16.6. The fraction of sp³-hybridized carbons (Fsp3) is 0.867. The molecule has 6 unspecified atom stereocenters. The van der Waals surface area contributed by atoms with Crippen LogP contribution in [0.2, 0.25) is 0 Å². The average molecular weight is 579 g/mol. The Labute approximate surface area is 244 Å². The molecule has 2 aliphatic carbocycles. The number of alkyl carbamates (subject to hydrolysis) is 2. The first-order valence-corrected chi connectivity index (χ1v) is 14.6. The molecule has 0 saturated heterocycles. The van der Waals surface area contributed by atoms with Crippen LogP contribution in [-0.4, -0.2) is 74.9 Å². The summed E-state index contributed by atoms with van der Waals surface area (Å²) >= 11 is 0. The van der Waals surface area contributed by atoms with E-state index in [2.05, 4.69) is 62.2 Å². The Morgan fingerprint density at radius 2 is 1.10 bits per heavy atom. The van der Waals surface area contributed by atoms with Crippen molar-refractivity contribution in [2.75, 3.05) is 26.3 Å². The van der Waals surface area contributed by atoms with E-state index in [1.54, 1.807) is 26.0 Å². The van der Waals surface area contributed by atoms with E-state index in [4.69, 9.17) is 14.2 Å². The number of carbonyl (C=O) groups is 2. The van der Waals surface area contributed by atoms with Crippen molar-refractivity contribution in [2.24, 2.45) is 31.6 Å². The lowest BCUT2D eigenvalue weighted by Crippen LogP contribution is -2.45. The maximum atomic E-state index is 12.4. The highest BCUT2D eigenvalue weighted by molar-refractivity contribution is 5.67. The zero-order chi connectivity index (χ0) is 30.9. The summed E-state index contributed by atoms with van der Waals surface area (Å²) in [7, 11) is 0. The first-order chi connectivity index (χ1) is 19.0. The highest BCUT2D eigenvalue weighted by Crippen LogP contribution is 2.47. The van der Waals surface area contributed by atoms with Crippen LogP contribution in [0.4, 0.5) is 9.59 Å². The van der Waals surface area contributed by atoms with Gasteiger partial charge < -0.3 is 24.8 Å². The van der Waals surface area contributed by atoms with E-state index in [1.807, 2.05) is 0 Å². The molecule has 2 N–H and O–H groups in total. The molecular formula is C30H50N4O7. The van der Waals surface area contributed by atoms with Crippen molar-refractivity contribution in [3.8, 4) is 0 Å². The van der Waals surface area contributed by atoms with Gasteiger partial charge in [-0.05, 0) is 74.0 Å². The number of hydrogen-bond donors (Lipinski definition) is 2. The van der Waals surface area contributed by atoms with Crippen LogP contribution < -0.4 is 10.6 Å². The van der Waals surface area contributed by atoms with Gasteiger partial charge in [0.25, 0.3) is 0 Å². The number of isocyanates is 2. The van der Waals surface area contributed by atoms with Gasteiger partial charge in [0.05, 0.1) is 25.3 Å². The molecule has 41 heavy (non-hydrogen) atoms. The van der Waals surface area contributed by atoms with Crippen LogP contribution in [-0.2, 0) is 23.8 Å². The summed E-state index contributed by atoms with van der Waals surface area (Å²) in [5, 5.41) is 5.70. The minimum atomic E-state index is -0.537. The van der Waals surface area contributed by atoms with Gasteiger partial charge in [0.1, 0.15) is 12.2 Å². The number of ether oxygens (including phenoxy) is 3. The number of hydrogen-bond acceptors (Lipinski definition) is 9. The maximum Gasteiger partial charge on any atom is 0.407 e. The Morgan fingerprint density at radius 1 is 0.732 bits per heavy atom. The molecule has 11 nitrogen and oxygen atoms in total. The summed E-state index contributed by atoms with van der Waals surface area (Å²) in [5.41, 5.74) is -0.427. The van der Waals surface area contributed by atoms with Crippen LogP contribution in [0.3, 0.4) is 0 Å². The van der Waals surface area contributed by atoms with Gasteiger partial charge in [-0.1, -0.05) is 41.5 Å². The summed E-state index contributed by atoms with van der Waals surface area (Å²) < 4.78 is 16.5. The van der Waals surface area contributed by atoms with Gasteiger partial charge >= 0.3 is 12.2 Å². The molecule has 2 rings (SSSR count). The third-order valence-electron chi connectivity index (χ3n) is 7.96. The molecule has 0 aromatic carbocycles. The molecule has 0 aliphatic heterocycles. The molecule has 6 atom stereocenters. The average Bonchev–Trinajstić information content (AvgIpc) is 2.79. The molecule has 0 spiro atoms. The number of aliphatic imine (C=N–C) groups is 2. The van der Waals surface area contributed by atoms with Crippen molar-refractivity contribution in [1.29, 1.82) is 0 Å². The predicted octanol–water partition coefficient (Wildman–Crippen LogP) is 5.07. The number of nitrogens with zero attached hydrogens (tertiary/aromatic N) is 2. The molecule has 0 radical (unpaired) electrons. The van der Waals surface area contributed by atoms with E-state index in [1.165, 1.54) is 0 Å². The van der Waals surface area contributed by atoms with E-state index in [9.17, 15) is 19.2 Å². The van der Waals surface area contributed by atoms with Crippen LogP contribution in [0.5, 0.6) is 0 Å². The van der Waals surface area contributed by atoms with Gasteiger partial charge in [0.2, 0.25) is 12.2 Å². The summed E-state index contributed by atoms with van der Waals surface area (Å²) in [6.45, 7) is 17.3. The zero-order valence-electron chi connectivity index (χ0n) is 26.1. The zero-order valence-corrected chi connectivity index (χ0v) is 26.1. The summed E-state index contributed by atoms with van der Waals surface area (Å²) in [4.78, 5) is 54.2. The molecule has 2 saturated carbocycles. The van der Waals surface area contributed by atoms with Gasteiger partial charge in [-0.15, -0.1) is 0 Å². The molecule has 11 heteroatoms. The Kier molecular flexibility index (Phi) is 12.1. The molecule has 2 amide bonds. The largest absolute Gasteiger partial charge is 0.444 e. The molecule has 0 aromatic heterocycles. The topological polar surface area (TPSA) is 145 Å². The summed E-state index contributed by atoms with van der Waals surface area (Å²) in [5.74, 6) is 0. The van der Waals surface area contributed by atoms with Crippen molar-refractivity contribution in [3.05, 3.63) is 0 Å². The minimum Gasteiger partial charge on any atom is -0.444 e. The standard InChI is InChI=1S/C30H50N4O7/c1-21(40-25(37)31-17-29(7)11-23(33-19-35)9-27(3,4)15-29)13-39-14-22(2)41-26(38)32-18-30(8)12-24(34-20-36)10-28(5,6)16-30/h21-24H,9-18H2,1-8H3,(H,31,37)(H,32,38). The van der Waals surface area contributed by atoms with Crippen LogP contribution in [0, 0.1) is 21.7 Å². The van der Waals surface area contributed by atoms with Crippen LogP contribution >= 0.6 is 0 Å². The second kappa shape index (κ2) is 14.4. The number of rotatable bonds is 12. The molecule has 0 aromatic rings. The lowest BCUT2D eigenvalue weighted by molar-refractivity contribution is -0.0115. The summed E-state index contributed by atoms with van der Waals surface area (Å²) in [6.07, 6.45) is 6.08. The van der Waals surface area contributed by atoms with Gasteiger partial charge in [-0.3, -0.25) is 0 Å². The quantitative estimate of drug-likeness (QED) is 0.243. The van der Waals surface area contributed by atoms with Crippen LogP contribution in [0.1, 0.15) is 93.9 Å². The predicted molar refractivity (Wildman–Crippen MR) is 154 cm³/mol. The third-order valence-corrected chi connectivity index (χ3v) is 7.96. The first kappa shape index (κ1) is 34.5. The molecule has 2 aliphatic rings. The van der Waals surface area contributed by atoms with E-state index < -0.39 is 24.4 Å². The normalized spacial score (nSPS) is 30.0. The summed E-state index contributed by atoms with van der Waals surface area (Å²) in [6, 6.07) is -0.202. The fourth-order valence-corrected chi connectivity index (χ4v) is 7.25. The van der Waals surface area contributed by atoms with Gasteiger partial charge in [0.15, 0.2) is 0 Å². The first-order valence-electron chi connectivity index (χ1n) is 14.6. The van der Waals surface area contributed by atoms with Crippen molar-refractivity contribution >= 4 is 24.3 Å². The monoisotopic (exact) mass is 578 g/mol. The highest BCUT2D eigenvalue weighted by Gasteiger charge is 2.42. The van der Waals surface area contributed by atoms with E-state index in [0.29, 0.717) is 25.9 Å². The SMILES string of the molecule is CC(COCC(C)OC(=O)NCC1(C)CC(N=C=O)CC(C)(C)C1)OC(=O)NCC1(C)CC(N=C=O)CC(C)(C)C1. The van der Waals surface area contributed by atoms with Gasteiger partial charge in [0, 0.05) is 13.1 Å². The minimum absolute atomic E-state index is 0.000368. The Hall–Kier alpha value is -2.74. The smallest absolute Gasteiger partial charge is 0.407 e. The number of nitrogens with one attached hydrogen (secondary N) is 2.